The third-order valence-electron chi connectivity index (χ3n) is 1.86. The third-order valence-corrected chi connectivity index (χ3v) is 2.64. The molecule has 0 aliphatic carbocycles. The van der Waals surface area contributed by atoms with Crippen LogP contribution >= 0.6 is 11.8 Å². The molecule has 68 valence electrons. The molecule has 0 aliphatic heterocycles. The zero-order valence-electron chi connectivity index (χ0n) is 8.00. The van der Waals surface area contributed by atoms with E-state index in [4.69, 9.17) is 0 Å². The van der Waals surface area contributed by atoms with E-state index in [9.17, 15) is 0 Å². The second kappa shape index (κ2) is 4.28. The van der Waals surface area contributed by atoms with Crippen LogP contribution < -0.4 is 0 Å². The maximum atomic E-state index is 3.98. The molecule has 0 amide bonds. The van der Waals surface area contributed by atoms with Crippen LogP contribution in [0.5, 0.6) is 0 Å². The summed E-state index contributed by atoms with van der Waals surface area (Å²) in [6.45, 7) is 9.38. The van der Waals surface area contributed by atoms with Crippen LogP contribution in [0.2, 0.25) is 0 Å². The molecular weight excluding hydrogens is 178 g/mol. The topological polar surface area (TPSA) is 12.4 Å². The minimum Gasteiger partial charge on any atom is -0.264 e. The summed E-state index contributed by atoms with van der Waals surface area (Å²) >= 11 is 1.70. The van der Waals surface area contributed by atoms with Gasteiger partial charge >= 0.3 is 0 Å². The maximum absolute atomic E-state index is 3.98. The number of hydrogen-bond donors (Lipinski definition) is 0. The summed E-state index contributed by atoms with van der Waals surface area (Å²) in [6.07, 6.45) is 3.88. The molecule has 1 nitrogen and oxygen atoms in total. The monoisotopic (exact) mass is 191 g/mol. The van der Waals surface area contributed by atoms with Crippen LogP contribution in [0.25, 0.3) is 6.08 Å². The fourth-order valence-corrected chi connectivity index (χ4v) is 1.96. The highest BCUT2D eigenvalue weighted by atomic mass is 32.2. The molecule has 2 heteroatoms. The van der Waals surface area contributed by atoms with Crippen LogP contribution in [-0.2, 0) is 0 Å². The predicted octanol–water partition coefficient (Wildman–Crippen LogP) is 3.69. The molecule has 0 atom stereocenters. The fourth-order valence-electron chi connectivity index (χ4n) is 1.25. The third kappa shape index (κ3) is 2.01. The summed E-state index contributed by atoms with van der Waals surface area (Å²) in [5.41, 5.74) is 3.20. The molecular formula is C11H13NS. The summed E-state index contributed by atoms with van der Waals surface area (Å²) < 4.78 is 0. The number of rotatable bonds is 3. The van der Waals surface area contributed by atoms with Crippen molar-refractivity contribution in [2.24, 2.45) is 4.99 Å². The molecule has 13 heavy (non-hydrogen) atoms. The highest BCUT2D eigenvalue weighted by Crippen LogP contribution is 2.31. The Morgan fingerprint density at radius 3 is 2.62 bits per heavy atom. The van der Waals surface area contributed by atoms with Crippen molar-refractivity contribution in [3.05, 3.63) is 29.8 Å². The summed E-state index contributed by atoms with van der Waals surface area (Å²) in [4.78, 5) is 5.18. The number of thioether (sulfide) groups is 1. The van der Waals surface area contributed by atoms with E-state index in [1.807, 2.05) is 12.1 Å². The van der Waals surface area contributed by atoms with Gasteiger partial charge in [-0.15, -0.1) is 11.8 Å². The van der Waals surface area contributed by atoms with E-state index in [0.717, 1.165) is 11.3 Å². The Hall–Kier alpha value is -1.02. The van der Waals surface area contributed by atoms with E-state index in [-0.39, 0.29) is 0 Å². The average molecular weight is 191 g/mol. The lowest BCUT2D eigenvalue weighted by atomic mass is 10.1. The van der Waals surface area contributed by atoms with Crippen LogP contribution in [-0.4, -0.2) is 13.0 Å². The Bertz CT molecular complexity index is 342. The lowest BCUT2D eigenvalue weighted by Gasteiger charge is -2.07. The number of benzene rings is 1. The first-order valence-corrected chi connectivity index (χ1v) is 5.23. The molecule has 1 aromatic carbocycles. The lowest BCUT2D eigenvalue weighted by Crippen LogP contribution is -1.82. The minimum atomic E-state index is 0.916. The van der Waals surface area contributed by atoms with Gasteiger partial charge in [-0.1, -0.05) is 12.7 Å². The molecule has 0 fully saturated rings. The first-order chi connectivity index (χ1) is 6.22. The van der Waals surface area contributed by atoms with E-state index in [1.54, 1.807) is 11.8 Å². The largest absolute Gasteiger partial charge is 0.264 e. The second-order valence-corrected chi connectivity index (χ2v) is 3.61. The quantitative estimate of drug-likeness (QED) is 0.524. The van der Waals surface area contributed by atoms with Crippen molar-refractivity contribution in [3.63, 3.8) is 0 Å². The van der Waals surface area contributed by atoms with Gasteiger partial charge in [-0.3, -0.25) is 4.99 Å². The second-order valence-electron chi connectivity index (χ2n) is 2.76. The molecule has 0 heterocycles. The van der Waals surface area contributed by atoms with E-state index in [1.165, 1.54) is 10.5 Å². The lowest BCUT2D eigenvalue weighted by molar-refractivity contribution is 1.32. The molecule has 0 radical (unpaired) electrons. The zero-order valence-corrected chi connectivity index (χ0v) is 8.82. The number of nitrogens with zero attached hydrogens (tertiary/aromatic N) is 1. The highest BCUT2D eigenvalue weighted by molar-refractivity contribution is 7.98. The molecule has 0 saturated heterocycles. The summed E-state index contributed by atoms with van der Waals surface area (Å²) in [7, 11) is 0. The van der Waals surface area contributed by atoms with Crippen molar-refractivity contribution < 1.29 is 0 Å². The number of hydrogen-bond acceptors (Lipinski definition) is 2. The van der Waals surface area contributed by atoms with Crippen LogP contribution in [0, 0.1) is 6.92 Å². The zero-order chi connectivity index (χ0) is 9.84. The van der Waals surface area contributed by atoms with Gasteiger partial charge in [0.2, 0.25) is 0 Å². The molecule has 0 aromatic heterocycles. The van der Waals surface area contributed by atoms with Crippen LogP contribution in [0.3, 0.4) is 0 Å². The summed E-state index contributed by atoms with van der Waals surface area (Å²) in [6, 6.07) is 4.15. The first-order valence-electron chi connectivity index (χ1n) is 4.00. The van der Waals surface area contributed by atoms with E-state index in [0.29, 0.717) is 0 Å². The predicted molar refractivity (Wildman–Crippen MR) is 62.3 cm³/mol. The van der Waals surface area contributed by atoms with Gasteiger partial charge in [-0.25, -0.2) is 0 Å². The van der Waals surface area contributed by atoms with Gasteiger partial charge in [0, 0.05) is 10.5 Å². The van der Waals surface area contributed by atoms with Gasteiger partial charge in [0.25, 0.3) is 0 Å². The van der Waals surface area contributed by atoms with Gasteiger partial charge in [-0.05, 0) is 37.6 Å². The molecule has 0 spiro atoms. The van der Waals surface area contributed by atoms with Crippen molar-refractivity contribution in [2.75, 3.05) is 6.26 Å². The van der Waals surface area contributed by atoms with Crippen molar-refractivity contribution in [1.29, 1.82) is 0 Å². The van der Waals surface area contributed by atoms with E-state index in [2.05, 4.69) is 37.5 Å². The average Bonchev–Trinajstić information content (AvgIpc) is 2.16. The van der Waals surface area contributed by atoms with Crippen molar-refractivity contribution in [3.8, 4) is 0 Å². The molecule has 0 unspecified atom stereocenters. The molecule has 0 saturated carbocycles. The first kappa shape index (κ1) is 10.1. The van der Waals surface area contributed by atoms with Gasteiger partial charge in [0.15, 0.2) is 0 Å². The van der Waals surface area contributed by atoms with Gasteiger partial charge in [-0.2, -0.15) is 0 Å². The molecule has 0 N–H and O–H groups in total. The van der Waals surface area contributed by atoms with E-state index >= 15 is 0 Å². The Morgan fingerprint density at radius 1 is 1.46 bits per heavy atom. The molecule has 1 rings (SSSR count). The Kier molecular flexibility index (Phi) is 3.32. The summed E-state index contributed by atoms with van der Waals surface area (Å²) in [5.74, 6) is 0. The number of aryl methyl sites for hydroxylation is 1. The van der Waals surface area contributed by atoms with Crippen molar-refractivity contribution in [1.82, 2.24) is 0 Å². The molecule has 0 bridgehead atoms. The molecule has 0 aliphatic rings. The van der Waals surface area contributed by atoms with Crippen molar-refractivity contribution >= 4 is 30.2 Å². The SMILES string of the molecule is C=Cc1c(N=C)cc(C)cc1SC. The van der Waals surface area contributed by atoms with Crippen LogP contribution in [0.15, 0.2) is 28.6 Å². The van der Waals surface area contributed by atoms with Gasteiger partial charge in [0.1, 0.15) is 0 Å². The smallest absolute Gasteiger partial charge is 0.0708 e. The Labute approximate surface area is 83.6 Å². The molecule has 1 aromatic rings. The normalized spacial score (nSPS) is 9.69. The fraction of sp³-hybridized carbons (Fsp3) is 0.182. The maximum Gasteiger partial charge on any atom is 0.0708 e. The highest BCUT2D eigenvalue weighted by Gasteiger charge is 2.04. The minimum absolute atomic E-state index is 0.916. The number of aliphatic imine (C=N–C) groups is 1. The Morgan fingerprint density at radius 2 is 2.15 bits per heavy atom. The van der Waals surface area contributed by atoms with Crippen LogP contribution in [0.1, 0.15) is 11.1 Å². The standard InChI is InChI=1S/C11H13NS/c1-5-9-10(12-3)6-8(2)7-11(9)13-4/h5-7H,1,3H2,2,4H3. The van der Waals surface area contributed by atoms with Gasteiger partial charge in [0.05, 0.1) is 5.69 Å². The Balaban J connectivity index is 3.41. The van der Waals surface area contributed by atoms with E-state index < -0.39 is 0 Å². The summed E-state index contributed by atoms with van der Waals surface area (Å²) in [5, 5.41) is 0. The van der Waals surface area contributed by atoms with Crippen LogP contribution in [0.4, 0.5) is 5.69 Å². The van der Waals surface area contributed by atoms with Gasteiger partial charge < -0.3 is 0 Å². The van der Waals surface area contributed by atoms with Crippen molar-refractivity contribution in [2.45, 2.75) is 11.8 Å².